The average Bonchev–Trinajstić information content (AvgIpc) is 2.38. The van der Waals surface area contributed by atoms with Gasteiger partial charge in [-0.05, 0) is 31.2 Å². The summed E-state index contributed by atoms with van der Waals surface area (Å²) in [5, 5.41) is 8.77. The number of rotatable bonds is 6. The second-order valence-electron chi connectivity index (χ2n) is 3.77. The van der Waals surface area contributed by atoms with Gasteiger partial charge in [-0.15, -0.1) is 0 Å². The van der Waals surface area contributed by atoms with Crippen molar-refractivity contribution in [2.24, 2.45) is 0 Å². The lowest BCUT2D eigenvalue weighted by molar-refractivity contribution is -0.144. The van der Waals surface area contributed by atoms with Gasteiger partial charge in [0.05, 0.1) is 13.2 Å². The van der Waals surface area contributed by atoms with E-state index in [9.17, 15) is 4.79 Å². The number of aromatic nitrogens is 1. The minimum Gasteiger partial charge on any atom is -0.465 e. The van der Waals surface area contributed by atoms with Crippen molar-refractivity contribution in [3.05, 3.63) is 29.6 Å². The van der Waals surface area contributed by atoms with E-state index in [-0.39, 0.29) is 12.5 Å². The second kappa shape index (κ2) is 7.41. The van der Waals surface area contributed by atoms with Crippen LogP contribution in [-0.4, -0.2) is 35.5 Å². The summed E-state index contributed by atoms with van der Waals surface area (Å²) in [5.41, 5.74) is 1.35. The number of hydrogen-bond donors (Lipinski definition) is 0. The molecule has 0 aliphatic carbocycles. The molecule has 1 aromatic heterocycles. The molecule has 96 valence electrons. The van der Waals surface area contributed by atoms with E-state index in [0.717, 1.165) is 12.1 Å². The van der Waals surface area contributed by atoms with Crippen molar-refractivity contribution in [3.63, 3.8) is 0 Å². The molecule has 0 fully saturated rings. The molecule has 0 N–H and O–H groups in total. The lowest BCUT2D eigenvalue weighted by atomic mass is 10.2. The van der Waals surface area contributed by atoms with Gasteiger partial charge in [0, 0.05) is 12.7 Å². The maximum atomic E-state index is 11.4. The fraction of sp³-hybridized carbons (Fsp3) is 0.462. The molecule has 5 heteroatoms. The van der Waals surface area contributed by atoms with E-state index in [2.05, 4.69) is 4.98 Å². The van der Waals surface area contributed by atoms with Gasteiger partial charge >= 0.3 is 5.97 Å². The largest absolute Gasteiger partial charge is 0.465 e. The SMILES string of the molecule is CCOC(=O)CN(CC)Cc1ccnc(C#N)c1. The zero-order valence-electron chi connectivity index (χ0n) is 10.7. The molecule has 0 aliphatic rings. The van der Waals surface area contributed by atoms with Crippen LogP contribution >= 0.6 is 0 Å². The van der Waals surface area contributed by atoms with Crippen molar-refractivity contribution in [1.29, 1.82) is 5.26 Å². The van der Waals surface area contributed by atoms with E-state index in [4.69, 9.17) is 10.00 Å². The zero-order valence-corrected chi connectivity index (χ0v) is 10.7. The van der Waals surface area contributed by atoms with E-state index in [0.29, 0.717) is 18.8 Å². The first-order chi connectivity index (χ1) is 8.69. The number of carbonyl (C=O) groups excluding carboxylic acids is 1. The minimum absolute atomic E-state index is 0.228. The zero-order chi connectivity index (χ0) is 13.4. The molecule has 1 heterocycles. The van der Waals surface area contributed by atoms with Crippen LogP contribution in [-0.2, 0) is 16.1 Å². The Morgan fingerprint density at radius 2 is 2.33 bits per heavy atom. The number of nitrogens with zero attached hydrogens (tertiary/aromatic N) is 3. The third-order valence-electron chi connectivity index (χ3n) is 2.45. The molecule has 0 radical (unpaired) electrons. The second-order valence-corrected chi connectivity index (χ2v) is 3.77. The van der Waals surface area contributed by atoms with Crippen LogP contribution in [0.2, 0.25) is 0 Å². The van der Waals surface area contributed by atoms with Crippen LogP contribution in [0.4, 0.5) is 0 Å². The van der Waals surface area contributed by atoms with Gasteiger partial charge in [-0.1, -0.05) is 6.92 Å². The molecule has 0 saturated carbocycles. The predicted molar refractivity (Wildman–Crippen MR) is 66.5 cm³/mol. The first-order valence-electron chi connectivity index (χ1n) is 5.92. The van der Waals surface area contributed by atoms with Crippen molar-refractivity contribution < 1.29 is 9.53 Å². The molecule has 0 bridgehead atoms. The summed E-state index contributed by atoms with van der Waals surface area (Å²) in [6.45, 7) is 5.76. The molecular formula is C13H17N3O2. The molecule has 1 rings (SSSR count). The van der Waals surface area contributed by atoms with Crippen molar-refractivity contribution in [3.8, 4) is 6.07 Å². The summed E-state index contributed by atoms with van der Waals surface area (Å²) in [4.78, 5) is 17.3. The van der Waals surface area contributed by atoms with E-state index in [1.54, 1.807) is 19.2 Å². The van der Waals surface area contributed by atoms with Gasteiger partial charge < -0.3 is 4.74 Å². The first-order valence-corrected chi connectivity index (χ1v) is 5.92. The van der Waals surface area contributed by atoms with Gasteiger partial charge in [0.1, 0.15) is 11.8 Å². The van der Waals surface area contributed by atoms with Gasteiger partial charge in [0.15, 0.2) is 0 Å². The van der Waals surface area contributed by atoms with Crippen molar-refractivity contribution in [1.82, 2.24) is 9.88 Å². The van der Waals surface area contributed by atoms with Crippen LogP contribution in [0.5, 0.6) is 0 Å². The number of carbonyl (C=O) groups is 1. The number of likely N-dealkylation sites (N-methyl/N-ethyl adjacent to an activating group) is 1. The summed E-state index contributed by atoms with van der Waals surface area (Å²) in [5.74, 6) is -0.228. The van der Waals surface area contributed by atoms with Crippen molar-refractivity contribution in [2.75, 3.05) is 19.7 Å². The fourth-order valence-corrected chi connectivity index (χ4v) is 1.56. The van der Waals surface area contributed by atoms with Crippen molar-refractivity contribution >= 4 is 5.97 Å². The predicted octanol–water partition coefficient (Wildman–Crippen LogP) is 1.34. The van der Waals surface area contributed by atoms with Gasteiger partial charge in [-0.25, -0.2) is 4.98 Å². The first kappa shape index (κ1) is 14.1. The van der Waals surface area contributed by atoms with E-state index >= 15 is 0 Å². The van der Waals surface area contributed by atoms with Crippen LogP contribution in [0.3, 0.4) is 0 Å². The normalized spacial score (nSPS) is 10.1. The topological polar surface area (TPSA) is 66.2 Å². The van der Waals surface area contributed by atoms with E-state index in [1.807, 2.05) is 24.0 Å². The summed E-state index contributed by atoms with van der Waals surface area (Å²) < 4.78 is 4.91. The smallest absolute Gasteiger partial charge is 0.320 e. The monoisotopic (exact) mass is 247 g/mol. The number of esters is 1. The minimum atomic E-state index is -0.228. The lowest BCUT2D eigenvalue weighted by Crippen LogP contribution is -2.30. The Morgan fingerprint density at radius 1 is 1.56 bits per heavy atom. The quantitative estimate of drug-likeness (QED) is 0.710. The standard InChI is InChI=1S/C13H17N3O2/c1-3-16(10-13(17)18-4-2)9-11-5-6-15-12(7-11)8-14/h5-7H,3-4,9-10H2,1-2H3. The Labute approximate surface area is 107 Å². The molecule has 0 saturated heterocycles. The van der Waals surface area contributed by atoms with Crippen LogP contribution in [0, 0.1) is 11.3 Å². The molecule has 0 unspecified atom stereocenters. The fourth-order valence-electron chi connectivity index (χ4n) is 1.56. The summed E-state index contributed by atoms with van der Waals surface area (Å²) in [7, 11) is 0. The molecule has 0 amide bonds. The number of hydrogen-bond acceptors (Lipinski definition) is 5. The summed E-state index contributed by atoms with van der Waals surface area (Å²) in [6, 6.07) is 5.57. The molecule has 0 spiro atoms. The Hall–Kier alpha value is -1.93. The Balaban J connectivity index is 2.62. The third-order valence-corrected chi connectivity index (χ3v) is 2.45. The highest BCUT2D eigenvalue weighted by Gasteiger charge is 2.10. The molecule has 0 aliphatic heterocycles. The highest BCUT2D eigenvalue weighted by Crippen LogP contribution is 2.05. The Bertz CT molecular complexity index is 440. The van der Waals surface area contributed by atoms with E-state index < -0.39 is 0 Å². The van der Waals surface area contributed by atoms with Crippen LogP contribution in [0.15, 0.2) is 18.3 Å². The molecule has 0 aromatic carbocycles. The summed E-state index contributed by atoms with van der Waals surface area (Å²) >= 11 is 0. The van der Waals surface area contributed by atoms with Crippen LogP contribution in [0.25, 0.3) is 0 Å². The van der Waals surface area contributed by atoms with Gasteiger partial charge in [0.25, 0.3) is 0 Å². The molecular weight excluding hydrogens is 230 g/mol. The maximum Gasteiger partial charge on any atom is 0.320 e. The Kier molecular flexibility index (Phi) is 5.81. The average molecular weight is 247 g/mol. The number of ether oxygens (including phenoxy) is 1. The van der Waals surface area contributed by atoms with Gasteiger partial charge in [-0.3, -0.25) is 9.69 Å². The van der Waals surface area contributed by atoms with Crippen LogP contribution < -0.4 is 0 Å². The molecule has 1 aromatic rings. The Morgan fingerprint density at radius 3 is 2.94 bits per heavy atom. The highest BCUT2D eigenvalue weighted by molar-refractivity contribution is 5.71. The third kappa shape index (κ3) is 4.52. The van der Waals surface area contributed by atoms with Gasteiger partial charge in [-0.2, -0.15) is 5.26 Å². The molecule has 5 nitrogen and oxygen atoms in total. The lowest BCUT2D eigenvalue weighted by Gasteiger charge is -2.19. The summed E-state index contributed by atoms with van der Waals surface area (Å²) in [6.07, 6.45) is 1.60. The number of nitriles is 1. The number of pyridine rings is 1. The van der Waals surface area contributed by atoms with Crippen molar-refractivity contribution in [2.45, 2.75) is 20.4 Å². The van der Waals surface area contributed by atoms with E-state index in [1.165, 1.54) is 0 Å². The van der Waals surface area contributed by atoms with Crippen LogP contribution in [0.1, 0.15) is 25.1 Å². The highest BCUT2D eigenvalue weighted by atomic mass is 16.5. The maximum absolute atomic E-state index is 11.4. The molecule has 0 atom stereocenters. The molecule has 18 heavy (non-hydrogen) atoms. The van der Waals surface area contributed by atoms with Gasteiger partial charge in [0.2, 0.25) is 0 Å².